The van der Waals surface area contributed by atoms with Crippen molar-refractivity contribution in [2.75, 3.05) is 25.4 Å². The summed E-state index contributed by atoms with van der Waals surface area (Å²) in [6.07, 6.45) is 6.76. The van der Waals surface area contributed by atoms with Gasteiger partial charge in [0.05, 0.1) is 29.5 Å². The summed E-state index contributed by atoms with van der Waals surface area (Å²) in [6.45, 7) is 4.24. The minimum Gasteiger partial charge on any atom is -0.482 e. The first-order chi connectivity index (χ1) is 15.8. The van der Waals surface area contributed by atoms with Gasteiger partial charge >= 0.3 is 0 Å². The molecule has 2 aliphatic heterocycles. The molecular weight excluding hydrogens is 468 g/mol. The smallest absolute Gasteiger partial charge is 0.166 e. The monoisotopic (exact) mass is 491 g/mol. The van der Waals surface area contributed by atoms with E-state index in [-0.39, 0.29) is 22.5 Å². The van der Waals surface area contributed by atoms with Crippen molar-refractivity contribution < 1.29 is 13.9 Å². The number of halogens is 3. The first-order valence-electron chi connectivity index (χ1n) is 10.8. The maximum absolute atomic E-state index is 13.9. The molecule has 2 saturated heterocycles. The molecule has 1 spiro atoms. The van der Waals surface area contributed by atoms with Gasteiger partial charge in [-0.25, -0.2) is 9.37 Å². The predicted molar refractivity (Wildman–Crippen MR) is 125 cm³/mol. The van der Waals surface area contributed by atoms with Gasteiger partial charge in [-0.15, -0.1) is 0 Å². The Balaban J connectivity index is 1.36. The summed E-state index contributed by atoms with van der Waals surface area (Å²) in [6, 6.07) is 4.64. The molecule has 1 aromatic carbocycles. The third-order valence-corrected chi connectivity index (χ3v) is 7.09. The van der Waals surface area contributed by atoms with Crippen LogP contribution in [0.1, 0.15) is 37.5 Å². The van der Waals surface area contributed by atoms with Crippen LogP contribution in [0.5, 0.6) is 5.75 Å². The summed E-state index contributed by atoms with van der Waals surface area (Å²) in [7, 11) is 0. The Hall–Kier alpha value is -2.39. The third kappa shape index (κ3) is 4.28. The lowest BCUT2D eigenvalue weighted by molar-refractivity contribution is 0.0204. The Morgan fingerprint density at radius 3 is 2.97 bits per heavy atom. The van der Waals surface area contributed by atoms with E-state index in [4.69, 9.17) is 38.4 Å². The second kappa shape index (κ2) is 8.76. The van der Waals surface area contributed by atoms with Crippen LogP contribution in [0.2, 0.25) is 10.0 Å². The van der Waals surface area contributed by atoms with Gasteiger partial charge in [-0.1, -0.05) is 23.2 Å². The van der Waals surface area contributed by atoms with Crippen LogP contribution in [0, 0.1) is 5.82 Å². The zero-order valence-corrected chi connectivity index (χ0v) is 19.5. The minimum atomic E-state index is -0.644. The first kappa shape index (κ1) is 22.4. The zero-order chi connectivity index (χ0) is 23.2. The number of nitrogens with one attached hydrogen (secondary N) is 1. The molecule has 2 aromatic heterocycles. The number of rotatable bonds is 5. The lowest BCUT2D eigenvalue weighted by atomic mass is 9.97. The average Bonchev–Trinajstić information content (AvgIpc) is 3.55. The minimum absolute atomic E-state index is 0.0733. The Bertz CT molecular complexity index is 1180. The summed E-state index contributed by atoms with van der Waals surface area (Å²) in [4.78, 5) is 4.27. The average molecular weight is 492 g/mol. The number of benzene rings is 1. The van der Waals surface area contributed by atoms with Gasteiger partial charge in [0.15, 0.2) is 11.6 Å². The van der Waals surface area contributed by atoms with Gasteiger partial charge in [-0.3, -0.25) is 4.68 Å². The maximum atomic E-state index is 13.9. The Morgan fingerprint density at radius 2 is 2.18 bits per heavy atom. The molecule has 5 rings (SSSR count). The Morgan fingerprint density at radius 1 is 1.33 bits per heavy atom. The molecule has 0 bridgehead atoms. The molecular formula is C23H24Cl2FN5O2. The van der Waals surface area contributed by atoms with Crippen LogP contribution in [0.3, 0.4) is 0 Å². The summed E-state index contributed by atoms with van der Waals surface area (Å²) >= 11 is 12.4. The van der Waals surface area contributed by atoms with Crippen molar-refractivity contribution >= 4 is 29.0 Å². The zero-order valence-electron chi connectivity index (χ0n) is 18.0. The van der Waals surface area contributed by atoms with Crippen molar-refractivity contribution in [1.82, 2.24) is 20.1 Å². The molecule has 10 heteroatoms. The van der Waals surface area contributed by atoms with E-state index in [1.54, 1.807) is 25.4 Å². The van der Waals surface area contributed by atoms with Gasteiger partial charge in [0.1, 0.15) is 11.9 Å². The molecule has 3 atom stereocenters. The van der Waals surface area contributed by atoms with E-state index in [2.05, 4.69) is 15.4 Å². The van der Waals surface area contributed by atoms with E-state index in [0.717, 1.165) is 37.1 Å². The first-order valence-corrected chi connectivity index (χ1v) is 11.6. The molecule has 2 fully saturated rings. The Labute approximate surface area is 201 Å². The van der Waals surface area contributed by atoms with Crippen LogP contribution in [0.25, 0.3) is 11.1 Å². The third-order valence-electron chi connectivity index (χ3n) is 6.37. The van der Waals surface area contributed by atoms with Crippen LogP contribution >= 0.6 is 23.2 Å². The second-order valence-corrected chi connectivity index (χ2v) is 9.40. The number of anilines is 1. The summed E-state index contributed by atoms with van der Waals surface area (Å²) in [5.41, 5.74) is 8.01. The van der Waals surface area contributed by atoms with E-state index in [0.29, 0.717) is 22.9 Å². The maximum Gasteiger partial charge on any atom is 0.166 e. The van der Waals surface area contributed by atoms with Gasteiger partial charge in [0.2, 0.25) is 0 Å². The van der Waals surface area contributed by atoms with Crippen molar-refractivity contribution in [2.45, 2.75) is 37.5 Å². The van der Waals surface area contributed by atoms with Crippen LogP contribution in [0.4, 0.5) is 10.2 Å². The molecule has 0 amide bonds. The second-order valence-electron chi connectivity index (χ2n) is 8.61. The van der Waals surface area contributed by atoms with Crippen molar-refractivity contribution in [2.24, 2.45) is 0 Å². The van der Waals surface area contributed by atoms with E-state index >= 15 is 0 Å². The van der Waals surface area contributed by atoms with Gasteiger partial charge in [0, 0.05) is 47.1 Å². The molecule has 0 aliphatic carbocycles. The number of nitrogen functional groups attached to an aromatic ring is 1. The molecule has 2 unspecified atom stereocenters. The van der Waals surface area contributed by atoms with Gasteiger partial charge in [-0.2, -0.15) is 5.10 Å². The number of pyridine rings is 1. The highest BCUT2D eigenvalue weighted by Gasteiger charge is 2.43. The van der Waals surface area contributed by atoms with Crippen LogP contribution in [-0.4, -0.2) is 40.1 Å². The van der Waals surface area contributed by atoms with E-state index in [1.807, 2.05) is 10.9 Å². The number of aromatic nitrogens is 3. The fourth-order valence-corrected chi connectivity index (χ4v) is 5.25. The van der Waals surface area contributed by atoms with Crippen molar-refractivity contribution in [1.29, 1.82) is 0 Å². The molecule has 2 aliphatic rings. The topological polar surface area (TPSA) is 87.2 Å². The summed E-state index contributed by atoms with van der Waals surface area (Å²) in [5.74, 6) is -0.00401. The van der Waals surface area contributed by atoms with E-state index < -0.39 is 11.9 Å². The summed E-state index contributed by atoms with van der Waals surface area (Å²) in [5, 5.41) is 8.18. The van der Waals surface area contributed by atoms with Crippen LogP contribution < -0.4 is 15.8 Å². The number of nitrogens with two attached hydrogens (primary N) is 1. The highest BCUT2D eigenvalue weighted by Crippen LogP contribution is 2.39. The molecule has 0 radical (unpaired) electrons. The molecule has 4 heterocycles. The van der Waals surface area contributed by atoms with Crippen LogP contribution in [0.15, 0.2) is 36.8 Å². The van der Waals surface area contributed by atoms with Gasteiger partial charge in [0.25, 0.3) is 0 Å². The van der Waals surface area contributed by atoms with Gasteiger partial charge < -0.3 is 20.5 Å². The van der Waals surface area contributed by atoms with Crippen LogP contribution in [-0.2, 0) is 4.74 Å². The number of ether oxygens (including phenoxy) is 2. The largest absolute Gasteiger partial charge is 0.482 e. The lowest BCUT2D eigenvalue weighted by Gasteiger charge is -2.20. The number of hydrogen-bond acceptors (Lipinski definition) is 6. The fraction of sp³-hybridized carbons (Fsp3) is 0.391. The molecule has 174 valence electrons. The molecule has 0 saturated carbocycles. The highest BCUT2D eigenvalue weighted by atomic mass is 35.5. The quantitative estimate of drug-likeness (QED) is 0.498. The van der Waals surface area contributed by atoms with E-state index in [9.17, 15) is 4.39 Å². The Kier molecular flexibility index (Phi) is 5.95. The highest BCUT2D eigenvalue weighted by molar-refractivity contribution is 6.36. The van der Waals surface area contributed by atoms with Gasteiger partial charge in [-0.05, 0) is 38.1 Å². The molecule has 3 N–H and O–H groups in total. The van der Waals surface area contributed by atoms with Crippen molar-refractivity contribution in [3.8, 4) is 16.9 Å². The SMILES string of the molecule is C[C@@H](Oc1cc(-c2cnn(C3COC4(CCNC4)C3)c2)cnc1N)c1c(Cl)ccc(F)c1Cl. The van der Waals surface area contributed by atoms with Crippen molar-refractivity contribution in [3.05, 3.63) is 58.2 Å². The predicted octanol–water partition coefficient (Wildman–Crippen LogP) is 4.81. The standard InChI is InChI=1S/C23H24Cl2FN5O2/c1-13(20-17(24)2-3-18(26)21(20)25)33-19-6-14(8-29-22(19)27)15-9-30-31(10-15)16-7-23(32-11-16)4-5-28-12-23/h2-3,6,8-10,13,16,28H,4-5,7,11-12H2,1H3,(H2,27,29)/t13-,16?,23?/m1/s1. The molecule has 33 heavy (non-hydrogen) atoms. The summed E-state index contributed by atoms with van der Waals surface area (Å²) < 4.78 is 28.0. The van der Waals surface area contributed by atoms with E-state index in [1.165, 1.54) is 12.1 Å². The normalized spacial score (nSPS) is 23.3. The molecule has 3 aromatic rings. The number of nitrogens with zero attached hydrogens (tertiary/aromatic N) is 3. The number of hydrogen-bond donors (Lipinski definition) is 2. The van der Waals surface area contributed by atoms with Crippen molar-refractivity contribution in [3.63, 3.8) is 0 Å². The molecule has 7 nitrogen and oxygen atoms in total. The fourth-order valence-electron chi connectivity index (χ4n) is 4.57. The lowest BCUT2D eigenvalue weighted by Crippen LogP contribution is -2.30.